The van der Waals surface area contributed by atoms with Crippen molar-refractivity contribution in [2.75, 3.05) is 18.5 Å². The third-order valence-corrected chi connectivity index (χ3v) is 8.20. The first-order valence-corrected chi connectivity index (χ1v) is 15.4. The van der Waals surface area contributed by atoms with Gasteiger partial charge in [-0.25, -0.2) is 23.1 Å². The Morgan fingerprint density at radius 3 is 2.21 bits per heavy atom. The molecule has 0 fully saturated rings. The Morgan fingerprint density at radius 2 is 1.51 bits per heavy atom. The number of rotatable bonds is 11. The molecule has 0 saturated carbocycles. The summed E-state index contributed by atoms with van der Waals surface area (Å²) in [4.78, 5) is 24.3. The minimum Gasteiger partial charge on any atom is -0.457 e. The number of sulfonamides is 1. The molecule has 0 aliphatic carbocycles. The molecule has 43 heavy (non-hydrogen) atoms. The average Bonchev–Trinajstić information content (AvgIpc) is 3.01. The fourth-order valence-corrected chi connectivity index (χ4v) is 5.52. The van der Waals surface area contributed by atoms with E-state index >= 15 is 0 Å². The van der Waals surface area contributed by atoms with Crippen LogP contribution in [0.4, 0.5) is 5.95 Å². The molecule has 5 rings (SSSR count). The van der Waals surface area contributed by atoms with Crippen molar-refractivity contribution in [2.45, 2.75) is 17.7 Å². The molecule has 8 nitrogen and oxygen atoms in total. The monoisotopic (exact) mass is 612 g/mol. The van der Waals surface area contributed by atoms with Crippen LogP contribution in [0.25, 0.3) is 0 Å². The summed E-state index contributed by atoms with van der Waals surface area (Å²) in [6.07, 6.45) is 2.39. The number of amides is 1. The van der Waals surface area contributed by atoms with E-state index < -0.39 is 15.9 Å². The molecule has 0 saturated heterocycles. The highest BCUT2D eigenvalue weighted by Gasteiger charge is 2.23. The number of carbonyl (C=O) groups excluding carboxylic acids is 1. The minimum atomic E-state index is -4.20. The second-order valence-electron chi connectivity index (χ2n) is 9.82. The van der Waals surface area contributed by atoms with Crippen molar-refractivity contribution in [1.82, 2.24) is 14.7 Å². The molecular weight excluding hydrogens is 584 g/mol. The molecule has 0 radical (unpaired) electrons. The van der Waals surface area contributed by atoms with E-state index in [-0.39, 0.29) is 16.9 Å². The number of nitrogens with one attached hydrogen (secondary N) is 1. The van der Waals surface area contributed by atoms with Crippen LogP contribution in [0, 0.1) is 0 Å². The SMILES string of the molecule is CN(CCc1ccccc1)c1ncc(C(=O)NS(=O)(=O)c2ccc(Oc3ccccc3)cc2)c(Cc2cccc(Cl)c2)n1. The summed E-state index contributed by atoms with van der Waals surface area (Å²) in [6.45, 7) is 0.643. The molecule has 5 aromatic rings. The minimum absolute atomic E-state index is 0.0489. The lowest BCUT2D eigenvalue weighted by molar-refractivity contribution is 0.0980. The molecule has 218 valence electrons. The van der Waals surface area contributed by atoms with Crippen LogP contribution in [0.15, 0.2) is 120 Å². The lowest BCUT2D eigenvalue weighted by Gasteiger charge is -2.19. The van der Waals surface area contributed by atoms with Crippen LogP contribution in [0.1, 0.15) is 27.2 Å². The molecule has 0 atom stereocenters. The average molecular weight is 613 g/mol. The van der Waals surface area contributed by atoms with Crippen molar-refractivity contribution in [3.05, 3.63) is 143 Å². The molecule has 0 aliphatic heterocycles. The lowest BCUT2D eigenvalue weighted by Crippen LogP contribution is -2.32. The maximum Gasteiger partial charge on any atom is 0.268 e. The molecule has 0 bridgehead atoms. The van der Waals surface area contributed by atoms with Crippen LogP contribution < -0.4 is 14.4 Å². The number of hydrogen-bond acceptors (Lipinski definition) is 7. The quantitative estimate of drug-likeness (QED) is 0.186. The highest BCUT2D eigenvalue weighted by Crippen LogP contribution is 2.23. The van der Waals surface area contributed by atoms with Crippen molar-refractivity contribution in [1.29, 1.82) is 0 Å². The predicted molar refractivity (Wildman–Crippen MR) is 167 cm³/mol. The van der Waals surface area contributed by atoms with Crippen LogP contribution in [0.2, 0.25) is 5.02 Å². The number of nitrogens with zero attached hydrogens (tertiary/aromatic N) is 3. The summed E-state index contributed by atoms with van der Waals surface area (Å²) < 4.78 is 34.2. The van der Waals surface area contributed by atoms with Crippen molar-refractivity contribution in [3.8, 4) is 11.5 Å². The van der Waals surface area contributed by atoms with Gasteiger partial charge in [-0.05, 0) is 66.1 Å². The molecule has 0 aliphatic rings. The van der Waals surface area contributed by atoms with Gasteiger partial charge in [0.05, 0.1) is 16.2 Å². The topological polar surface area (TPSA) is 101 Å². The molecule has 1 heterocycles. The fraction of sp³-hybridized carbons (Fsp3) is 0.121. The number of halogens is 1. The lowest BCUT2D eigenvalue weighted by atomic mass is 10.1. The second kappa shape index (κ2) is 13.5. The highest BCUT2D eigenvalue weighted by atomic mass is 35.5. The zero-order valence-corrected chi connectivity index (χ0v) is 24.9. The van der Waals surface area contributed by atoms with Gasteiger partial charge in [0.25, 0.3) is 15.9 Å². The van der Waals surface area contributed by atoms with Gasteiger partial charge in [-0.15, -0.1) is 0 Å². The molecule has 1 aromatic heterocycles. The molecule has 10 heteroatoms. The number of likely N-dealkylation sites (N-methyl/N-ethyl adjacent to an activating group) is 1. The summed E-state index contributed by atoms with van der Waals surface area (Å²) in [6, 6.07) is 32.2. The number of benzene rings is 4. The molecule has 1 amide bonds. The van der Waals surface area contributed by atoms with E-state index in [1.54, 1.807) is 30.3 Å². The second-order valence-corrected chi connectivity index (χ2v) is 11.9. The van der Waals surface area contributed by atoms with Gasteiger partial charge in [0.15, 0.2) is 0 Å². The third kappa shape index (κ3) is 7.97. The zero-order chi connectivity index (χ0) is 30.2. The molecule has 4 aromatic carbocycles. The summed E-state index contributed by atoms with van der Waals surface area (Å²) in [5.74, 6) is 0.662. The van der Waals surface area contributed by atoms with E-state index in [1.807, 2.05) is 54.4 Å². The van der Waals surface area contributed by atoms with Crippen LogP contribution in [0.3, 0.4) is 0 Å². The van der Waals surface area contributed by atoms with Gasteiger partial charge in [-0.3, -0.25) is 4.79 Å². The van der Waals surface area contributed by atoms with Gasteiger partial charge in [-0.2, -0.15) is 0 Å². The van der Waals surface area contributed by atoms with Crippen molar-refractivity contribution in [2.24, 2.45) is 0 Å². The van der Waals surface area contributed by atoms with Crippen LogP contribution >= 0.6 is 11.6 Å². The van der Waals surface area contributed by atoms with E-state index in [2.05, 4.69) is 26.8 Å². The number of ether oxygens (including phenoxy) is 1. The van der Waals surface area contributed by atoms with Gasteiger partial charge in [0.2, 0.25) is 5.95 Å². The van der Waals surface area contributed by atoms with E-state index in [0.717, 1.165) is 12.0 Å². The van der Waals surface area contributed by atoms with Gasteiger partial charge in [-0.1, -0.05) is 72.3 Å². The Kier molecular flexibility index (Phi) is 9.34. The summed E-state index contributed by atoms with van der Waals surface area (Å²) >= 11 is 6.20. The molecule has 1 N–H and O–H groups in total. The Balaban J connectivity index is 1.36. The first-order chi connectivity index (χ1) is 20.8. The van der Waals surface area contributed by atoms with E-state index in [4.69, 9.17) is 16.3 Å². The Bertz CT molecular complexity index is 1800. The van der Waals surface area contributed by atoms with Crippen LogP contribution in [-0.4, -0.2) is 37.9 Å². The predicted octanol–water partition coefficient (Wildman–Crippen LogP) is 6.31. The largest absolute Gasteiger partial charge is 0.457 e. The first-order valence-electron chi connectivity index (χ1n) is 13.5. The van der Waals surface area contributed by atoms with E-state index in [9.17, 15) is 13.2 Å². The number of anilines is 1. The normalized spacial score (nSPS) is 11.1. The standard InChI is InChI=1S/C33H29ClN4O4S/c1-38(20-19-24-9-4-2-5-10-24)33-35-23-30(31(36-33)22-25-11-8-12-26(34)21-25)32(39)37-43(40,41)29-17-15-28(16-18-29)42-27-13-6-3-7-14-27/h2-18,21,23H,19-20,22H2,1H3,(H,37,39). The zero-order valence-electron chi connectivity index (χ0n) is 23.4. The number of carbonyl (C=O) groups is 1. The van der Waals surface area contributed by atoms with Gasteiger partial charge in [0, 0.05) is 31.2 Å². The van der Waals surface area contributed by atoms with Gasteiger partial charge < -0.3 is 9.64 Å². The molecule has 0 spiro atoms. The third-order valence-electron chi connectivity index (χ3n) is 6.62. The first kappa shape index (κ1) is 29.8. The number of para-hydroxylation sites is 1. The number of aromatic nitrogens is 2. The van der Waals surface area contributed by atoms with Gasteiger partial charge in [0.1, 0.15) is 11.5 Å². The molecule has 0 unspecified atom stereocenters. The summed E-state index contributed by atoms with van der Waals surface area (Å²) in [7, 11) is -2.33. The number of hydrogen-bond donors (Lipinski definition) is 1. The van der Waals surface area contributed by atoms with Crippen LogP contribution in [-0.2, 0) is 22.9 Å². The highest BCUT2D eigenvalue weighted by molar-refractivity contribution is 7.90. The van der Waals surface area contributed by atoms with E-state index in [1.165, 1.54) is 36.0 Å². The van der Waals surface area contributed by atoms with Crippen molar-refractivity contribution in [3.63, 3.8) is 0 Å². The van der Waals surface area contributed by atoms with Gasteiger partial charge >= 0.3 is 0 Å². The van der Waals surface area contributed by atoms with Crippen molar-refractivity contribution < 1.29 is 17.9 Å². The Labute approximate surface area is 256 Å². The summed E-state index contributed by atoms with van der Waals surface area (Å²) in [5, 5.41) is 0.542. The van der Waals surface area contributed by atoms with E-state index in [0.29, 0.717) is 34.7 Å². The fourth-order valence-electron chi connectivity index (χ4n) is 4.34. The van der Waals surface area contributed by atoms with Crippen LogP contribution in [0.5, 0.6) is 11.5 Å². The van der Waals surface area contributed by atoms with Crippen molar-refractivity contribution >= 4 is 33.5 Å². The summed E-state index contributed by atoms with van der Waals surface area (Å²) in [5.41, 5.74) is 2.41. The maximum atomic E-state index is 13.4. The Morgan fingerprint density at radius 1 is 0.860 bits per heavy atom. The maximum absolute atomic E-state index is 13.4. The Hall–Kier alpha value is -4.73. The molecular formula is C33H29ClN4O4S. The smallest absolute Gasteiger partial charge is 0.268 e.